The number of aliphatic hydroxyl groups excluding tert-OH is 1. The number of likely N-dealkylation sites (N-methyl/N-ethyl adjacent to an activating group) is 1. The third kappa shape index (κ3) is 9.63. The van der Waals surface area contributed by atoms with Crippen molar-refractivity contribution in [3.05, 3.63) is 59.7 Å². The molecule has 2 atom stereocenters. The van der Waals surface area contributed by atoms with Crippen LogP contribution in [-0.2, 0) is 27.2 Å². The van der Waals surface area contributed by atoms with E-state index in [-0.39, 0.29) is 25.2 Å². The van der Waals surface area contributed by atoms with Crippen molar-refractivity contribution in [2.45, 2.75) is 44.8 Å². The number of ketones is 1. The summed E-state index contributed by atoms with van der Waals surface area (Å²) in [5, 5.41) is 9.28. The highest BCUT2D eigenvalue weighted by molar-refractivity contribution is 5.85. The summed E-state index contributed by atoms with van der Waals surface area (Å²) >= 11 is 0. The number of hydrogen-bond donors (Lipinski definition) is 1. The van der Waals surface area contributed by atoms with E-state index in [9.17, 15) is 14.7 Å². The molecule has 7 heteroatoms. The molecule has 0 spiro atoms. The molecule has 7 nitrogen and oxygen atoms in total. The van der Waals surface area contributed by atoms with Gasteiger partial charge >= 0.3 is 5.97 Å². The summed E-state index contributed by atoms with van der Waals surface area (Å²) < 4.78 is 16.9. The number of aryl methyl sites for hydroxylation is 2. The first-order chi connectivity index (χ1) is 15.8. The summed E-state index contributed by atoms with van der Waals surface area (Å²) in [5.41, 5.74) is 2.24. The molecule has 1 N–H and O–H groups in total. The topological polar surface area (TPSA) is 85.3 Å². The maximum Gasteiger partial charge on any atom is 0.306 e. The first kappa shape index (κ1) is 26.4. The molecule has 0 heterocycles. The van der Waals surface area contributed by atoms with Gasteiger partial charge in [0.1, 0.15) is 30.3 Å². The lowest BCUT2D eigenvalue weighted by atomic mass is 10.0. The maximum absolute atomic E-state index is 12.2. The number of nitrogens with zero attached hydrogens (tertiary/aromatic N) is 1. The van der Waals surface area contributed by atoms with E-state index in [1.807, 2.05) is 61.5 Å². The predicted octanol–water partition coefficient (Wildman–Crippen LogP) is 3.06. The monoisotopic (exact) mass is 457 g/mol. The number of Topliss-reactive ketones (excluding diaryl/α,β-unsaturated/α-hetero) is 1. The molecule has 0 saturated carbocycles. The Morgan fingerprint density at radius 2 is 1.79 bits per heavy atom. The van der Waals surface area contributed by atoms with E-state index < -0.39 is 18.2 Å². The molecule has 180 valence electrons. The van der Waals surface area contributed by atoms with Gasteiger partial charge in [-0.25, -0.2) is 0 Å². The lowest BCUT2D eigenvalue weighted by Gasteiger charge is -2.22. The Balaban J connectivity index is 1.96. The van der Waals surface area contributed by atoms with Crippen LogP contribution in [0.2, 0.25) is 0 Å². The molecule has 2 rings (SSSR count). The van der Waals surface area contributed by atoms with Crippen LogP contribution in [-0.4, -0.2) is 68.3 Å². The Bertz CT molecular complexity index is 896. The molecule has 0 aliphatic carbocycles. The molecule has 0 fully saturated rings. The Kier molecular flexibility index (Phi) is 10.9. The Morgan fingerprint density at radius 3 is 2.48 bits per heavy atom. The zero-order valence-corrected chi connectivity index (χ0v) is 20.0. The number of para-hydroxylation sites is 1. The molecule has 2 aromatic carbocycles. The van der Waals surface area contributed by atoms with Crippen LogP contribution in [0.3, 0.4) is 0 Å². The van der Waals surface area contributed by atoms with Gasteiger partial charge in [-0.15, -0.1) is 0 Å². The Morgan fingerprint density at radius 1 is 1.03 bits per heavy atom. The standard InChI is InChI=1S/C26H35NO6/c1-19(28)24(29)14-15-26(30)33-23(17-27(2)3)18-32-25-11-6-5-9-21(25)13-12-20-8-7-10-22(16-20)31-4/h5-11,16,19,23,28H,12-15,17-18H2,1-4H3. The minimum atomic E-state index is -1.08. The second-order valence-electron chi connectivity index (χ2n) is 8.29. The van der Waals surface area contributed by atoms with Crippen LogP contribution in [0.1, 0.15) is 30.9 Å². The highest BCUT2D eigenvalue weighted by Crippen LogP contribution is 2.22. The molecule has 0 aliphatic heterocycles. The van der Waals surface area contributed by atoms with Crippen molar-refractivity contribution in [2.75, 3.05) is 34.4 Å². The molecular formula is C26H35NO6. The van der Waals surface area contributed by atoms with Gasteiger partial charge in [-0.05, 0) is 63.2 Å². The van der Waals surface area contributed by atoms with E-state index in [0.717, 1.165) is 29.9 Å². The molecule has 0 bridgehead atoms. The highest BCUT2D eigenvalue weighted by Gasteiger charge is 2.19. The summed E-state index contributed by atoms with van der Waals surface area (Å²) in [6.45, 7) is 2.08. The molecule has 2 unspecified atom stereocenters. The lowest BCUT2D eigenvalue weighted by molar-refractivity contribution is -0.152. The molecule has 0 amide bonds. The third-order valence-corrected chi connectivity index (χ3v) is 5.12. The van der Waals surface area contributed by atoms with Crippen molar-refractivity contribution in [2.24, 2.45) is 0 Å². The average Bonchev–Trinajstić information content (AvgIpc) is 2.79. The van der Waals surface area contributed by atoms with E-state index in [4.69, 9.17) is 14.2 Å². The fraction of sp³-hybridized carbons (Fsp3) is 0.462. The number of benzene rings is 2. The summed E-state index contributed by atoms with van der Waals surface area (Å²) in [6, 6.07) is 15.8. The summed E-state index contributed by atoms with van der Waals surface area (Å²) in [7, 11) is 5.43. The Labute approximate surface area is 196 Å². The summed E-state index contributed by atoms with van der Waals surface area (Å²) in [4.78, 5) is 25.7. The SMILES string of the molecule is COc1cccc(CCc2ccccc2OCC(CN(C)C)OC(=O)CCC(=O)C(C)O)c1. The van der Waals surface area contributed by atoms with Crippen LogP contribution in [0.25, 0.3) is 0 Å². The van der Waals surface area contributed by atoms with Gasteiger partial charge in [0.05, 0.1) is 13.5 Å². The minimum absolute atomic E-state index is 0.0425. The van der Waals surface area contributed by atoms with Crippen molar-refractivity contribution in [1.82, 2.24) is 4.90 Å². The van der Waals surface area contributed by atoms with E-state index in [2.05, 4.69) is 6.07 Å². The number of carbonyl (C=O) groups is 2. The van der Waals surface area contributed by atoms with Crippen LogP contribution in [0.15, 0.2) is 48.5 Å². The normalized spacial score (nSPS) is 12.8. The van der Waals surface area contributed by atoms with Crippen LogP contribution < -0.4 is 9.47 Å². The van der Waals surface area contributed by atoms with Crippen LogP contribution in [0.5, 0.6) is 11.5 Å². The van der Waals surface area contributed by atoms with Crippen molar-refractivity contribution in [3.8, 4) is 11.5 Å². The molecule has 33 heavy (non-hydrogen) atoms. The van der Waals surface area contributed by atoms with E-state index >= 15 is 0 Å². The van der Waals surface area contributed by atoms with Crippen molar-refractivity contribution in [1.29, 1.82) is 0 Å². The van der Waals surface area contributed by atoms with Crippen molar-refractivity contribution >= 4 is 11.8 Å². The number of aliphatic hydroxyl groups is 1. The second kappa shape index (κ2) is 13.6. The zero-order valence-electron chi connectivity index (χ0n) is 20.0. The van der Waals surface area contributed by atoms with Crippen molar-refractivity contribution < 1.29 is 28.9 Å². The van der Waals surface area contributed by atoms with Gasteiger partial charge in [-0.3, -0.25) is 9.59 Å². The van der Waals surface area contributed by atoms with Gasteiger partial charge in [0.2, 0.25) is 0 Å². The third-order valence-electron chi connectivity index (χ3n) is 5.12. The molecule has 2 aromatic rings. The summed E-state index contributed by atoms with van der Waals surface area (Å²) in [6.07, 6.45) is -0.0366. The lowest BCUT2D eigenvalue weighted by Crippen LogP contribution is -2.35. The highest BCUT2D eigenvalue weighted by atomic mass is 16.6. The van der Waals surface area contributed by atoms with Crippen molar-refractivity contribution in [3.63, 3.8) is 0 Å². The number of ether oxygens (including phenoxy) is 3. The molecular weight excluding hydrogens is 422 g/mol. The molecule has 0 aromatic heterocycles. The van der Waals surface area contributed by atoms with E-state index in [0.29, 0.717) is 6.54 Å². The predicted molar refractivity (Wildman–Crippen MR) is 127 cm³/mol. The minimum Gasteiger partial charge on any atom is -0.497 e. The van der Waals surface area contributed by atoms with E-state index in [1.165, 1.54) is 12.5 Å². The number of methoxy groups -OCH3 is 1. The van der Waals surface area contributed by atoms with Gasteiger partial charge in [0, 0.05) is 13.0 Å². The largest absolute Gasteiger partial charge is 0.497 e. The van der Waals surface area contributed by atoms with Gasteiger partial charge < -0.3 is 24.2 Å². The Hall–Kier alpha value is -2.90. The number of carbonyl (C=O) groups excluding carboxylic acids is 2. The first-order valence-electron chi connectivity index (χ1n) is 11.2. The maximum atomic E-state index is 12.2. The summed E-state index contributed by atoms with van der Waals surface area (Å²) in [5.74, 6) is 0.730. The average molecular weight is 458 g/mol. The smallest absolute Gasteiger partial charge is 0.306 e. The fourth-order valence-corrected chi connectivity index (χ4v) is 3.35. The van der Waals surface area contributed by atoms with Crippen LogP contribution in [0.4, 0.5) is 0 Å². The van der Waals surface area contributed by atoms with Gasteiger partial charge in [-0.2, -0.15) is 0 Å². The molecule has 0 aliphatic rings. The first-order valence-corrected chi connectivity index (χ1v) is 11.2. The van der Waals surface area contributed by atoms with Gasteiger partial charge in [0.25, 0.3) is 0 Å². The number of rotatable bonds is 14. The zero-order chi connectivity index (χ0) is 24.2. The number of esters is 1. The number of hydrogen-bond acceptors (Lipinski definition) is 7. The van der Waals surface area contributed by atoms with Gasteiger partial charge in [0.15, 0.2) is 5.78 Å². The quantitative estimate of drug-likeness (QED) is 0.437. The van der Waals surface area contributed by atoms with E-state index in [1.54, 1.807) is 7.11 Å². The molecule has 0 radical (unpaired) electrons. The molecule has 0 saturated heterocycles. The van der Waals surface area contributed by atoms with Crippen LogP contribution >= 0.6 is 0 Å². The van der Waals surface area contributed by atoms with Gasteiger partial charge in [-0.1, -0.05) is 30.3 Å². The second-order valence-corrected chi connectivity index (χ2v) is 8.29. The fourth-order valence-electron chi connectivity index (χ4n) is 3.35. The van der Waals surface area contributed by atoms with Crippen LogP contribution in [0, 0.1) is 0 Å².